The number of aromatic amines is 1. The number of para-hydroxylation sites is 1. The summed E-state index contributed by atoms with van der Waals surface area (Å²) in [4.78, 5) is 27.6. The van der Waals surface area contributed by atoms with Gasteiger partial charge >= 0.3 is 0 Å². The Bertz CT molecular complexity index is 1180. The van der Waals surface area contributed by atoms with Crippen molar-refractivity contribution < 1.29 is 4.79 Å². The van der Waals surface area contributed by atoms with Gasteiger partial charge in [-0.3, -0.25) is 4.79 Å². The fraction of sp³-hybridized carbons (Fsp3) is 0.240. The molecule has 0 aliphatic carbocycles. The highest BCUT2D eigenvalue weighted by molar-refractivity contribution is 5.88. The first-order valence-corrected chi connectivity index (χ1v) is 11.0. The first-order valence-electron chi connectivity index (χ1n) is 11.0. The third kappa shape index (κ3) is 4.27. The molecule has 0 spiro atoms. The van der Waals surface area contributed by atoms with E-state index in [1.165, 1.54) is 0 Å². The van der Waals surface area contributed by atoms with Gasteiger partial charge in [0.1, 0.15) is 23.8 Å². The number of amides is 1. The Kier molecular flexibility index (Phi) is 5.70. The standard InChI is InChI=1S/C25H26N6O/c32-25(22(18-8-3-1-4-9-18)29-19-10-5-2-6-11-19)30-20-12-7-15-31(16-20)24-21-13-14-26-23(21)27-17-28-24/h1-6,8-11,13-14,17,20,22,29H,7,12,15-16H2,(H,30,32)(H,26,27,28)/t20?,22-/m1/s1. The van der Waals surface area contributed by atoms with E-state index in [0.717, 1.165) is 54.0 Å². The van der Waals surface area contributed by atoms with E-state index in [1.807, 2.05) is 72.9 Å². The number of carbonyl (C=O) groups is 1. The zero-order valence-corrected chi connectivity index (χ0v) is 17.7. The van der Waals surface area contributed by atoms with Crippen LogP contribution in [0.3, 0.4) is 0 Å². The average molecular weight is 427 g/mol. The molecule has 32 heavy (non-hydrogen) atoms. The van der Waals surface area contributed by atoms with Crippen molar-refractivity contribution in [1.82, 2.24) is 20.3 Å². The van der Waals surface area contributed by atoms with Crippen LogP contribution in [0, 0.1) is 0 Å². The molecular formula is C25H26N6O. The summed E-state index contributed by atoms with van der Waals surface area (Å²) in [5, 5.41) is 7.69. The van der Waals surface area contributed by atoms with E-state index in [1.54, 1.807) is 6.33 Å². The van der Waals surface area contributed by atoms with Crippen LogP contribution in [0.4, 0.5) is 11.5 Å². The third-order valence-electron chi connectivity index (χ3n) is 5.88. The quantitative estimate of drug-likeness (QED) is 0.435. The van der Waals surface area contributed by atoms with Gasteiger partial charge < -0.3 is 20.5 Å². The lowest BCUT2D eigenvalue weighted by Gasteiger charge is -2.35. The van der Waals surface area contributed by atoms with Crippen molar-refractivity contribution in [2.24, 2.45) is 0 Å². The molecule has 2 atom stereocenters. The van der Waals surface area contributed by atoms with Crippen molar-refractivity contribution in [2.45, 2.75) is 24.9 Å². The first kappa shape index (κ1) is 20.1. The lowest BCUT2D eigenvalue weighted by molar-refractivity contribution is -0.122. The fourth-order valence-electron chi connectivity index (χ4n) is 4.33. The molecule has 162 valence electrons. The summed E-state index contributed by atoms with van der Waals surface area (Å²) in [5.41, 5.74) is 2.68. The third-order valence-corrected chi connectivity index (χ3v) is 5.88. The molecule has 4 aromatic rings. The van der Waals surface area contributed by atoms with Crippen LogP contribution < -0.4 is 15.5 Å². The summed E-state index contributed by atoms with van der Waals surface area (Å²) in [6.45, 7) is 1.63. The Labute approximate surface area is 186 Å². The summed E-state index contributed by atoms with van der Waals surface area (Å²) in [6, 6.07) is 21.3. The summed E-state index contributed by atoms with van der Waals surface area (Å²) < 4.78 is 0. The minimum absolute atomic E-state index is 0.0265. The van der Waals surface area contributed by atoms with Crippen molar-refractivity contribution >= 4 is 28.4 Å². The molecule has 7 heteroatoms. The zero-order chi connectivity index (χ0) is 21.8. The van der Waals surface area contributed by atoms with Crippen LogP contribution in [0.2, 0.25) is 0 Å². The number of anilines is 2. The van der Waals surface area contributed by atoms with Crippen molar-refractivity contribution in [3.8, 4) is 0 Å². The maximum Gasteiger partial charge on any atom is 0.247 e. The van der Waals surface area contributed by atoms with Gasteiger partial charge in [0.25, 0.3) is 0 Å². The summed E-state index contributed by atoms with van der Waals surface area (Å²) in [5.74, 6) is 0.888. The molecule has 0 radical (unpaired) electrons. The van der Waals surface area contributed by atoms with Gasteiger partial charge in [0.05, 0.1) is 5.39 Å². The van der Waals surface area contributed by atoms with Crippen LogP contribution >= 0.6 is 0 Å². The maximum absolute atomic E-state index is 13.4. The minimum atomic E-state index is -0.468. The maximum atomic E-state index is 13.4. The largest absolute Gasteiger partial charge is 0.370 e. The highest BCUT2D eigenvalue weighted by atomic mass is 16.2. The molecule has 3 heterocycles. The predicted octanol–water partition coefficient (Wildman–Crippen LogP) is 3.90. The van der Waals surface area contributed by atoms with E-state index >= 15 is 0 Å². The van der Waals surface area contributed by atoms with Gasteiger partial charge in [-0.15, -0.1) is 0 Å². The van der Waals surface area contributed by atoms with Crippen LogP contribution in [0.5, 0.6) is 0 Å². The van der Waals surface area contributed by atoms with Gasteiger partial charge in [0.2, 0.25) is 5.91 Å². The fourth-order valence-corrected chi connectivity index (χ4v) is 4.33. The molecule has 0 bridgehead atoms. The summed E-state index contributed by atoms with van der Waals surface area (Å²) in [7, 11) is 0. The summed E-state index contributed by atoms with van der Waals surface area (Å²) >= 11 is 0. The van der Waals surface area contributed by atoms with E-state index in [2.05, 4.69) is 30.5 Å². The second kappa shape index (κ2) is 9.09. The van der Waals surface area contributed by atoms with E-state index in [-0.39, 0.29) is 11.9 Å². The SMILES string of the molecule is O=C(NC1CCCN(c2ncnc3[nH]ccc23)C1)[C@H](Nc1ccccc1)c1ccccc1. The van der Waals surface area contributed by atoms with Crippen molar-refractivity contribution in [3.05, 3.63) is 84.8 Å². The smallest absolute Gasteiger partial charge is 0.247 e. The van der Waals surface area contributed by atoms with E-state index in [0.29, 0.717) is 0 Å². The van der Waals surface area contributed by atoms with Crippen molar-refractivity contribution in [1.29, 1.82) is 0 Å². The highest BCUT2D eigenvalue weighted by Crippen LogP contribution is 2.26. The van der Waals surface area contributed by atoms with Gasteiger partial charge in [-0.05, 0) is 36.6 Å². The van der Waals surface area contributed by atoms with E-state index in [4.69, 9.17) is 0 Å². The number of hydrogen-bond acceptors (Lipinski definition) is 5. The molecule has 1 unspecified atom stereocenters. The zero-order valence-electron chi connectivity index (χ0n) is 17.7. The number of aromatic nitrogens is 3. The van der Waals surface area contributed by atoms with Gasteiger partial charge in [0.15, 0.2) is 0 Å². The molecule has 1 aliphatic rings. The molecule has 1 fully saturated rings. The monoisotopic (exact) mass is 426 g/mol. The molecule has 1 amide bonds. The van der Waals surface area contributed by atoms with Crippen molar-refractivity contribution in [3.63, 3.8) is 0 Å². The van der Waals surface area contributed by atoms with Gasteiger partial charge in [-0.2, -0.15) is 0 Å². The molecule has 7 nitrogen and oxygen atoms in total. The molecule has 5 rings (SSSR count). The lowest BCUT2D eigenvalue weighted by Crippen LogP contribution is -2.50. The lowest BCUT2D eigenvalue weighted by atomic mass is 10.0. The number of nitrogens with zero attached hydrogens (tertiary/aromatic N) is 3. The van der Waals surface area contributed by atoms with Crippen molar-refractivity contribution in [2.75, 3.05) is 23.3 Å². The molecule has 1 saturated heterocycles. The Morgan fingerprint density at radius 3 is 2.62 bits per heavy atom. The number of piperidine rings is 1. The topological polar surface area (TPSA) is 85.9 Å². The molecular weight excluding hydrogens is 400 g/mol. The van der Waals surface area contributed by atoms with Crippen LogP contribution in [0.25, 0.3) is 11.0 Å². The number of H-pyrrole nitrogens is 1. The van der Waals surface area contributed by atoms with E-state index in [9.17, 15) is 4.79 Å². The number of benzene rings is 2. The van der Waals surface area contributed by atoms with Crippen LogP contribution in [-0.2, 0) is 4.79 Å². The first-order chi connectivity index (χ1) is 15.8. The van der Waals surface area contributed by atoms with Crippen LogP contribution in [-0.4, -0.2) is 40.0 Å². The van der Waals surface area contributed by atoms with Gasteiger partial charge in [0, 0.05) is 31.0 Å². The number of carbonyl (C=O) groups excluding carboxylic acids is 1. The minimum Gasteiger partial charge on any atom is -0.370 e. The van der Waals surface area contributed by atoms with E-state index < -0.39 is 6.04 Å². The highest BCUT2D eigenvalue weighted by Gasteiger charge is 2.27. The Morgan fingerprint density at radius 2 is 1.81 bits per heavy atom. The predicted molar refractivity (Wildman–Crippen MR) is 127 cm³/mol. The number of fused-ring (bicyclic) bond motifs is 1. The second-order valence-corrected chi connectivity index (χ2v) is 8.09. The molecule has 1 aliphatic heterocycles. The molecule has 2 aromatic heterocycles. The average Bonchev–Trinajstić information content (AvgIpc) is 3.33. The second-order valence-electron chi connectivity index (χ2n) is 8.09. The Balaban J connectivity index is 1.33. The van der Waals surface area contributed by atoms with Gasteiger partial charge in [-0.25, -0.2) is 9.97 Å². The van der Waals surface area contributed by atoms with Gasteiger partial charge in [-0.1, -0.05) is 48.5 Å². The Hall–Kier alpha value is -3.87. The molecule has 3 N–H and O–H groups in total. The number of nitrogens with one attached hydrogen (secondary N) is 3. The molecule has 2 aromatic carbocycles. The van der Waals surface area contributed by atoms with Crippen LogP contribution in [0.1, 0.15) is 24.4 Å². The molecule has 0 saturated carbocycles. The number of hydrogen-bond donors (Lipinski definition) is 3. The Morgan fingerprint density at radius 1 is 1.03 bits per heavy atom. The normalized spacial score (nSPS) is 17.1. The number of rotatable bonds is 6. The summed E-state index contributed by atoms with van der Waals surface area (Å²) in [6.07, 6.45) is 5.40. The van der Waals surface area contributed by atoms with Crippen LogP contribution in [0.15, 0.2) is 79.3 Å².